The van der Waals surface area contributed by atoms with Crippen molar-refractivity contribution in [3.05, 3.63) is 0 Å². The van der Waals surface area contributed by atoms with Crippen molar-refractivity contribution in [2.75, 3.05) is 28.8 Å². The van der Waals surface area contributed by atoms with E-state index < -0.39 is 0 Å². The molecule has 0 nitrogen and oxygen atoms in total. The summed E-state index contributed by atoms with van der Waals surface area (Å²) >= 11 is 6.87. The molecular formula is C39H80S3. The van der Waals surface area contributed by atoms with Gasteiger partial charge in [-0.3, -0.25) is 0 Å². The molecule has 0 aliphatic heterocycles. The molecular weight excluding hydrogens is 565 g/mol. The van der Waals surface area contributed by atoms with Gasteiger partial charge < -0.3 is 0 Å². The van der Waals surface area contributed by atoms with E-state index in [1.165, 1.54) is 221 Å². The summed E-state index contributed by atoms with van der Waals surface area (Å²) in [6.45, 7) is 6.95. The number of hydrogen-bond acceptors (Lipinski definition) is 3. The molecule has 0 aliphatic carbocycles. The highest BCUT2D eigenvalue weighted by molar-refractivity contribution is 8.05. The Balaban J connectivity index is 3.89. The molecule has 0 aromatic carbocycles. The van der Waals surface area contributed by atoms with Crippen LogP contribution in [0.25, 0.3) is 0 Å². The highest BCUT2D eigenvalue weighted by atomic mass is 32.2. The molecule has 254 valence electrons. The van der Waals surface area contributed by atoms with Crippen molar-refractivity contribution in [3.8, 4) is 0 Å². The van der Waals surface area contributed by atoms with E-state index in [2.05, 4.69) is 56.1 Å². The lowest BCUT2D eigenvalue weighted by Crippen LogP contribution is -2.12. The average Bonchev–Trinajstić information content (AvgIpc) is 3.00. The minimum Gasteiger partial charge on any atom is -0.161 e. The van der Waals surface area contributed by atoms with Crippen molar-refractivity contribution < 1.29 is 0 Å². The standard InChI is InChI=1S/C39H80S3/c1-4-7-10-13-16-19-22-25-28-31-34-40-37-39(42-36-33-30-27-24-21-18-15-12-9-6-3)38-41-35-32-29-26-23-20-17-14-11-8-5-2/h39H,4-38H2,1-3H3. The van der Waals surface area contributed by atoms with E-state index in [1.807, 2.05) is 0 Å². The van der Waals surface area contributed by atoms with Crippen molar-refractivity contribution in [2.45, 2.75) is 219 Å². The van der Waals surface area contributed by atoms with Crippen LogP contribution in [0, 0.1) is 0 Å². The third kappa shape index (κ3) is 37.2. The second-order valence-electron chi connectivity index (χ2n) is 13.2. The molecule has 0 unspecified atom stereocenters. The largest absolute Gasteiger partial charge is 0.161 e. The summed E-state index contributed by atoms with van der Waals surface area (Å²) in [7, 11) is 0. The zero-order valence-electron chi connectivity index (χ0n) is 29.6. The third-order valence-electron chi connectivity index (χ3n) is 8.74. The Morgan fingerprint density at radius 3 is 0.810 bits per heavy atom. The Hall–Kier alpha value is 1.05. The molecule has 0 radical (unpaired) electrons. The first-order valence-corrected chi connectivity index (χ1v) is 23.0. The summed E-state index contributed by atoms with van der Waals surface area (Å²) in [4.78, 5) is 0. The van der Waals surface area contributed by atoms with Crippen molar-refractivity contribution >= 4 is 35.3 Å². The lowest BCUT2D eigenvalue weighted by molar-refractivity contribution is 0.563. The van der Waals surface area contributed by atoms with Gasteiger partial charge in [0, 0.05) is 16.8 Å². The van der Waals surface area contributed by atoms with Gasteiger partial charge in [-0.05, 0) is 36.5 Å². The van der Waals surface area contributed by atoms with Gasteiger partial charge in [0.1, 0.15) is 0 Å². The highest BCUT2D eigenvalue weighted by Gasteiger charge is 2.10. The van der Waals surface area contributed by atoms with E-state index in [1.54, 1.807) is 0 Å². The van der Waals surface area contributed by atoms with E-state index in [9.17, 15) is 0 Å². The van der Waals surface area contributed by atoms with Crippen LogP contribution in [0.2, 0.25) is 0 Å². The fraction of sp³-hybridized carbons (Fsp3) is 1.00. The summed E-state index contributed by atoms with van der Waals surface area (Å²) in [6.07, 6.45) is 43.7. The first-order valence-electron chi connectivity index (χ1n) is 19.6. The second-order valence-corrected chi connectivity index (χ2v) is 16.9. The van der Waals surface area contributed by atoms with Crippen molar-refractivity contribution in [2.24, 2.45) is 0 Å². The quantitative estimate of drug-likeness (QED) is 0.0614. The van der Waals surface area contributed by atoms with Crippen LogP contribution < -0.4 is 0 Å². The molecule has 0 bridgehead atoms. The first-order chi connectivity index (χ1) is 20.8. The number of unbranched alkanes of at least 4 members (excludes halogenated alkanes) is 27. The minimum absolute atomic E-state index is 0.879. The molecule has 0 heterocycles. The summed E-state index contributed by atoms with van der Waals surface area (Å²) in [5, 5.41) is 0.879. The molecule has 0 atom stereocenters. The Kier molecular flexibility index (Phi) is 41.1. The number of thioether (sulfide) groups is 3. The monoisotopic (exact) mass is 645 g/mol. The van der Waals surface area contributed by atoms with Crippen molar-refractivity contribution in [3.63, 3.8) is 0 Å². The van der Waals surface area contributed by atoms with Gasteiger partial charge in [0.05, 0.1) is 0 Å². The maximum atomic E-state index is 2.32. The smallest absolute Gasteiger partial charge is 0.0228 e. The van der Waals surface area contributed by atoms with Crippen LogP contribution in [-0.4, -0.2) is 34.0 Å². The summed E-state index contributed by atoms with van der Waals surface area (Å²) in [5.41, 5.74) is 0. The fourth-order valence-corrected chi connectivity index (χ4v) is 9.91. The van der Waals surface area contributed by atoms with Crippen LogP contribution in [0.1, 0.15) is 213 Å². The SMILES string of the molecule is CCCCCCCCCCCCSCC(CSCCCCCCCCCCCC)SCCCCCCCCCCCC. The van der Waals surface area contributed by atoms with Crippen LogP contribution in [0.3, 0.4) is 0 Å². The molecule has 0 spiro atoms. The topological polar surface area (TPSA) is 0 Å². The normalized spacial score (nSPS) is 11.7. The maximum absolute atomic E-state index is 2.32. The molecule has 0 aliphatic rings. The minimum atomic E-state index is 0.879. The molecule has 0 N–H and O–H groups in total. The lowest BCUT2D eigenvalue weighted by Gasteiger charge is -2.16. The second kappa shape index (κ2) is 40.1. The van der Waals surface area contributed by atoms with Gasteiger partial charge in [0.15, 0.2) is 0 Å². The highest BCUT2D eigenvalue weighted by Crippen LogP contribution is 2.25. The summed E-state index contributed by atoms with van der Waals surface area (Å²) < 4.78 is 0. The van der Waals surface area contributed by atoms with Crippen LogP contribution in [0.5, 0.6) is 0 Å². The van der Waals surface area contributed by atoms with Crippen LogP contribution in [-0.2, 0) is 0 Å². The molecule has 42 heavy (non-hydrogen) atoms. The Morgan fingerprint density at radius 2 is 0.524 bits per heavy atom. The van der Waals surface area contributed by atoms with Gasteiger partial charge in [-0.25, -0.2) is 0 Å². The van der Waals surface area contributed by atoms with Crippen LogP contribution >= 0.6 is 35.3 Å². The zero-order chi connectivity index (χ0) is 30.4. The Morgan fingerprint density at radius 1 is 0.286 bits per heavy atom. The molecule has 0 amide bonds. The lowest BCUT2D eigenvalue weighted by atomic mass is 10.1. The fourth-order valence-electron chi connectivity index (χ4n) is 5.80. The van der Waals surface area contributed by atoms with E-state index in [0.717, 1.165) is 5.25 Å². The van der Waals surface area contributed by atoms with Gasteiger partial charge in [-0.15, -0.1) is 0 Å². The predicted molar refractivity (Wildman–Crippen MR) is 206 cm³/mol. The zero-order valence-corrected chi connectivity index (χ0v) is 32.0. The summed E-state index contributed by atoms with van der Waals surface area (Å²) in [5.74, 6) is 6.98. The number of rotatable bonds is 38. The van der Waals surface area contributed by atoms with Crippen LogP contribution in [0.15, 0.2) is 0 Å². The van der Waals surface area contributed by atoms with E-state index >= 15 is 0 Å². The first kappa shape index (κ1) is 43.0. The molecule has 0 aromatic rings. The molecule has 3 heteroatoms. The molecule has 0 fully saturated rings. The van der Waals surface area contributed by atoms with Crippen molar-refractivity contribution in [1.82, 2.24) is 0 Å². The van der Waals surface area contributed by atoms with Gasteiger partial charge in [0.2, 0.25) is 0 Å². The molecule has 0 rings (SSSR count). The summed E-state index contributed by atoms with van der Waals surface area (Å²) in [6, 6.07) is 0. The van der Waals surface area contributed by atoms with Gasteiger partial charge in [0.25, 0.3) is 0 Å². The number of hydrogen-bond donors (Lipinski definition) is 0. The average molecular weight is 645 g/mol. The molecule has 0 aromatic heterocycles. The van der Waals surface area contributed by atoms with Crippen molar-refractivity contribution in [1.29, 1.82) is 0 Å². The van der Waals surface area contributed by atoms with E-state index in [0.29, 0.717) is 0 Å². The maximum Gasteiger partial charge on any atom is 0.0228 e. The molecule has 0 saturated heterocycles. The third-order valence-corrected chi connectivity index (χ3v) is 12.9. The molecule has 0 saturated carbocycles. The Bertz CT molecular complexity index is 427. The van der Waals surface area contributed by atoms with Gasteiger partial charge in [-0.1, -0.05) is 194 Å². The van der Waals surface area contributed by atoms with Crippen LogP contribution in [0.4, 0.5) is 0 Å². The Labute approximate surface area is 281 Å². The predicted octanol–water partition coefficient (Wildman–Crippen LogP) is 15.3. The van der Waals surface area contributed by atoms with Gasteiger partial charge in [-0.2, -0.15) is 35.3 Å². The van der Waals surface area contributed by atoms with E-state index in [-0.39, 0.29) is 0 Å². The van der Waals surface area contributed by atoms with Gasteiger partial charge >= 0.3 is 0 Å². The van der Waals surface area contributed by atoms with E-state index in [4.69, 9.17) is 0 Å².